The van der Waals surface area contributed by atoms with Crippen LogP contribution < -0.4 is 0 Å². The minimum Gasteiger partial charge on any atom is -0.206 e. The summed E-state index contributed by atoms with van der Waals surface area (Å²) in [4.78, 5) is -0.420. The first kappa shape index (κ1) is 15.8. The van der Waals surface area contributed by atoms with Crippen LogP contribution >= 0.6 is 25.3 Å². The third-order valence-electron chi connectivity index (χ3n) is 1.93. The standard InChI is InChI=1S/C6H3F3S.C6H4F2S/c7-3-1-5(9)6(10)2-4(3)8;7-4-2-1-3-5(8)6(4)9/h1-2,10H;1-3,9H. The summed E-state index contributed by atoms with van der Waals surface area (Å²) < 4.78 is 61.1. The van der Waals surface area contributed by atoms with E-state index < -0.39 is 29.1 Å². The molecule has 0 spiro atoms. The molecule has 0 aliphatic heterocycles. The van der Waals surface area contributed by atoms with E-state index in [0.29, 0.717) is 12.1 Å². The van der Waals surface area contributed by atoms with Gasteiger partial charge in [-0.25, -0.2) is 22.0 Å². The zero-order valence-electron chi connectivity index (χ0n) is 9.17. The van der Waals surface area contributed by atoms with Crippen LogP contribution in [0.25, 0.3) is 0 Å². The minimum absolute atomic E-state index is 0.195. The molecule has 0 saturated heterocycles. The topological polar surface area (TPSA) is 0 Å². The molecule has 0 bridgehead atoms. The van der Waals surface area contributed by atoms with Gasteiger partial charge in [-0.3, -0.25) is 0 Å². The average molecular weight is 310 g/mol. The Morgan fingerprint density at radius 2 is 1.11 bits per heavy atom. The molecule has 0 radical (unpaired) electrons. The van der Waals surface area contributed by atoms with Crippen LogP contribution in [-0.2, 0) is 0 Å². The van der Waals surface area contributed by atoms with Crippen molar-refractivity contribution in [1.29, 1.82) is 0 Å². The molecule has 2 aromatic rings. The van der Waals surface area contributed by atoms with Gasteiger partial charge in [-0.15, -0.1) is 25.3 Å². The van der Waals surface area contributed by atoms with E-state index in [1.807, 2.05) is 0 Å². The first-order chi connectivity index (χ1) is 8.82. The van der Waals surface area contributed by atoms with Gasteiger partial charge in [-0.2, -0.15) is 0 Å². The predicted octanol–water partition coefficient (Wildman–Crippen LogP) is 4.65. The summed E-state index contributed by atoms with van der Waals surface area (Å²) in [5.41, 5.74) is 0. The third-order valence-corrected chi connectivity index (χ3v) is 2.70. The van der Waals surface area contributed by atoms with Crippen LogP contribution in [0.2, 0.25) is 0 Å². The summed E-state index contributed by atoms with van der Waals surface area (Å²) in [6.45, 7) is 0. The molecule has 0 fully saturated rings. The van der Waals surface area contributed by atoms with Crippen LogP contribution in [-0.4, -0.2) is 0 Å². The van der Waals surface area contributed by atoms with Gasteiger partial charge in [0.2, 0.25) is 0 Å². The normalized spacial score (nSPS) is 9.84. The van der Waals surface area contributed by atoms with E-state index in [4.69, 9.17) is 0 Å². The second-order valence-corrected chi connectivity index (χ2v) is 4.22. The Bertz CT molecular complexity index is 516. The Morgan fingerprint density at radius 1 is 0.632 bits per heavy atom. The molecule has 0 nitrogen and oxygen atoms in total. The van der Waals surface area contributed by atoms with E-state index in [-0.39, 0.29) is 9.79 Å². The lowest BCUT2D eigenvalue weighted by molar-refractivity contribution is 0.486. The summed E-state index contributed by atoms with van der Waals surface area (Å²) >= 11 is 7.09. The number of thiol groups is 2. The van der Waals surface area contributed by atoms with Crippen LogP contribution in [0, 0.1) is 29.1 Å². The molecule has 19 heavy (non-hydrogen) atoms. The summed E-state index contributed by atoms with van der Waals surface area (Å²) in [5, 5.41) is 0. The Morgan fingerprint density at radius 3 is 1.53 bits per heavy atom. The van der Waals surface area contributed by atoms with Gasteiger partial charge in [0.1, 0.15) is 17.5 Å². The molecule has 0 aliphatic carbocycles. The van der Waals surface area contributed by atoms with E-state index in [1.54, 1.807) is 0 Å². The number of rotatable bonds is 0. The molecule has 0 N–H and O–H groups in total. The Balaban J connectivity index is 0.000000191. The second-order valence-electron chi connectivity index (χ2n) is 3.29. The molecular weight excluding hydrogens is 303 g/mol. The predicted molar refractivity (Wildman–Crippen MR) is 67.2 cm³/mol. The maximum absolute atomic E-state index is 12.3. The van der Waals surface area contributed by atoms with E-state index in [9.17, 15) is 22.0 Å². The second kappa shape index (κ2) is 6.81. The highest BCUT2D eigenvalue weighted by molar-refractivity contribution is 7.80. The summed E-state index contributed by atoms with van der Waals surface area (Å²) in [5.74, 6) is -4.40. The maximum atomic E-state index is 12.3. The minimum atomic E-state index is -1.20. The van der Waals surface area contributed by atoms with Crippen molar-refractivity contribution in [2.75, 3.05) is 0 Å². The molecule has 2 rings (SSSR count). The third kappa shape index (κ3) is 4.43. The lowest BCUT2D eigenvalue weighted by Crippen LogP contribution is -1.86. The zero-order chi connectivity index (χ0) is 14.6. The summed E-state index contributed by atoms with van der Waals surface area (Å²) in [7, 11) is 0. The number of benzene rings is 2. The van der Waals surface area contributed by atoms with Crippen molar-refractivity contribution in [2.24, 2.45) is 0 Å². The molecule has 0 atom stereocenters. The van der Waals surface area contributed by atoms with Crippen molar-refractivity contribution < 1.29 is 22.0 Å². The first-order valence-electron chi connectivity index (χ1n) is 4.79. The SMILES string of the molecule is Fc1cc(F)c(S)cc1F.Fc1cccc(F)c1S. The highest BCUT2D eigenvalue weighted by Gasteiger charge is 2.05. The lowest BCUT2D eigenvalue weighted by Gasteiger charge is -1.94. The fourth-order valence-electron chi connectivity index (χ4n) is 1.00. The van der Waals surface area contributed by atoms with Crippen molar-refractivity contribution in [2.45, 2.75) is 9.79 Å². The van der Waals surface area contributed by atoms with Gasteiger partial charge in [0.25, 0.3) is 0 Å². The van der Waals surface area contributed by atoms with Crippen molar-refractivity contribution >= 4 is 25.3 Å². The Labute approximate surface area is 117 Å². The highest BCUT2D eigenvalue weighted by atomic mass is 32.1. The van der Waals surface area contributed by atoms with Crippen LogP contribution in [0.15, 0.2) is 40.1 Å². The van der Waals surface area contributed by atoms with E-state index in [2.05, 4.69) is 25.3 Å². The smallest absolute Gasteiger partial charge is 0.161 e. The van der Waals surface area contributed by atoms with E-state index >= 15 is 0 Å². The highest BCUT2D eigenvalue weighted by Crippen LogP contribution is 2.16. The van der Waals surface area contributed by atoms with Gasteiger partial charge < -0.3 is 0 Å². The molecule has 7 heteroatoms. The molecule has 0 heterocycles. The van der Waals surface area contributed by atoms with E-state index in [1.165, 1.54) is 6.07 Å². The van der Waals surface area contributed by atoms with E-state index in [0.717, 1.165) is 12.1 Å². The Kier molecular flexibility index (Phi) is 5.68. The quantitative estimate of drug-likeness (QED) is 0.395. The lowest BCUT2D eigenvalue weighted by atomic mass is 10.3. The van der Waals surface area contributed by atoms with Gasteiger partial charge in [0, 0.05) is 11.0 Å². The van der Waals surface area contributed by atoms with Crippen molar-refractivity contribution in [3.63, 3.8) is 0 Å². The summed E-state index contributed by atoms with van der Waals surface area (Å²) in [6, 6.07) is 4.76. The number of hydrogen-bond acceptors (Lipinski definition) is 2. The molecule has 0 saturated carbocycles. The van der Waals surface area contributed by atoms with Gasteiger partial charge in [-0.05, 0) is 18.2 Å². The largest absolute Gasteiger partial charge is 0.206 e. The van der Waals surface area contributed by atoms with Crippen LogP contribution in [0.3, 0.4) is 0 Å². The molecule has 0 aromatic heterocycles. The molecule has 102 valence electrons. The van der Waals surface area contributed by atoms with Crippen molar-refractivity contribution in [3.05, 3.63) is 59.4 Å². The van der Waals surface area contributed by atoms with Gasteiger partial charge in [-0.1, -0.05) is 6.07 Å². The molecular formula is C12H7F5S2. The van der Waals surface area contributed by atoms with Gasteiger partial charge in [0.05, 0.1) is 4.90 Å². The fraction of sp³-hybridized carbons (Fsp3) is 0. The van der Waals surface area contributed by atoms with Crippen molar-refractivity contribution in [1.82, 2.24) is 0 Å². The van der Waals surface area contributed by atoms with Crippen LogP contribution in [0.4, 0.5) is 22.0 Å². The summed E-state index contributed by atoms with van der Waals surface area (Å²) in [6.07, 6.45) is 0. The monoisotopic (exact) mass is 310 g/mol. The molecule has 0 aliphatic rings. The Hall–Kier alpha value is -1.21. The van der Waals surface area contributed by atoms with Crippen LogP contribution in [0.5, 0.6) is 0 Å². The first-order valence-corrected chi connectivity index (χ1v) is 5.69. The molecule has 2 aromatic carbocycles. The maximum Gasteiger partial charge on any atom is 0.161 e. The average Bonchev–Trinajstić information content (AvgIpc) is 2.34. The van der Waals surface area contributed by atoms with Gasteiger partial charge >= 0.3 is 0 Å². The van der Waals surface area contributed by atoms with Crippen molar-refractivity contribution in [3.8, 4) is 0 Å². The number of hydrogen-bond donors (Lipinski definition) is 2. The fourth-order valence-corrected chi connectivity index (χ4v) is 1.33. The van der Waals surface area contributed by atoms with Crippen LogP contribution in [0.1, 0.15) is 0 Å². The van der Waals surface area contributed by atoms with Gasteiger partial charge in [0.15, 0.2) is 11.6 Å². The zero-order valence-corrected chi connectivity index (χ0v) is 11.0. The molecule has 0 unspecified atom stereocenters. The molecule has 0 amide bonds. The number of halogens is 5.